The summed E-state index contributed by atoms with van der Waals surface area (Å²) in [7, 11) is 3.36. The van der Waals surface area contributed by atoms with E-state index in [4.69, 9.17) is 15.2 Å². The second kappa shape index (κ2) is 6.57. The summed E-state index contributed by atoms with van der Waals surface area (Å²) >= 11 is 1.71. The Morgan fingerprint density at radius 3 is 2.45 bits per heavy atom. The lowest BCUT2D eigenvalue weighted by Crippen LogP contribution is -1.93. The number of methoxy groups -OCH3 is 2. The molecule has 4 heteroatoms. The van der Waals surface area contributed by atoms with Crippen molar-refractivity contribution in [2.24, 2.45) is 0 Å². The van der Waals surface area contributed by atoms with E-state index in [1.807, 2.05) is 24.3 Å². The van der Waals surface area contributed by atoms with E-state index >= 15 is 0 Å². The van der Waals surface area contributed by atoms with E-state index in [2.05, 4.69) is 19.1 Å². The van der Waals surface area contributed by atoms with Crippen LogP contribution in [-0.4, -0.2) is 14.2 Å². The van der Waals surface area contributed by atoms with Gasteiger partial charge < -0.3 is 15.2 Å². The molecule has 2 rings (SSSR count). The van der Waals surface area contributed by atoms with E-state index in [1.165, 1.54) is 11.1 Å². The highest BCUT2D eigenvalue weighted by Gasteiger charge is 2.08. The average Bonchev–Trinajstić information content (AvgIpc) is 2.46. The van der Waals surface area contributed by atoms with Gasteiger partial charge in [0.05, 0.1) is 14.2 Å². The van der Waals surface area contributed by atoms with E-state index in [0.29, 0.717) is 5.69 Å². The number of benzene rings is 2. The van der Waals surface area contributed by atoms with Crippen molar-refractivity contribution in [3.05, 3.63) is 47.5 Å². The third-order valence-corrected chi connectivity index (χ3v) is 4.11. The minimum Gasteiger partial charge on any atom is -0.496 e. The van der Waals surface area contributed by atoms with Crippen LogP contribution in [0.4, 0.5) is 5.69 Å². The summed E-state index contributed by atoms with van der Waals surface area (Å²) in [5.74, 6) is 2.55. The number of nitrogens with two attached hydrogens (primary N) is 1. The Balaban J connectivity index is 2.18. The highest BCUT2D eigenvalue weighted by molar-refractivity contribution is 7.98. The Kier molecular flexibility index (Phi) is 4.79. The summed E-state index contributed by atoms with van der Waals surface area (Å²) in [6.45, 7) is 2.08. The minimum absolute atomic E-state index is 0.708. The van der Waals surface area contributed by atoms with Crippen LogP contribution in [0.25, 0.3) is 0 Å². The van der Waals surface area contributed by atoms with Crippen molar-refractivity contribution >= 4 is 17.4 Å². The molecule has 0 amide bonds. The molecule has 2 aromatic rings. The van der Waals surface area contributed by atoms with Crippen molar-refractivity contribution in [1.82, 2.24) is 0 Å². The minimum atomic E-state index is 0.708. The lowest BCUT2D eigenvalue weighted by atomic mass is 10.1. The van der Waals surface area contributed by atoms with Gasteiger partial charge in [0.2, 0.25) is 0 Å². The first-order valence-corrected chi connectivity index (χ1v) is 7.32. The Morgan fingerprint density at radius 1 is 1.00 bits per heavy atom. The highest BCUT2D eigenvalue weighted by atomic mass is 32.2. The first kappa shape index (κ1) is 14.6. The Hall–Kier alpha value is -1.81. The number of aryl methyl sites for hydroxylation is 1. The van der Waals surface area contributed by atoms with Crippen molar-refractivity contribution < 1.29 is 9.47 Å². The number of thioether (sulfide) groups is 1. The second-order valence-corrected chi connectivity index (χ2v) is 5.53. The first-order valence-electron chi connectivity index (χ1n) is 6.34. The zero-order chi connectivity index (χ0) is 14.5. The maximum Gasteiger partial charge on any atom is 0.134 e. The molecule has 0 unspecified atom stereocenters. The van der Waals surface area contributed by atoms with Gasteiger partial charge in [-0.25, -0.2) is 0 Å². The first-order chi connectivity index (χ1) is 9.63. The average molecular weight is 289 g/mol. The number of ether oxygens (including phenoxy) is 2. The second-order valence-electron chi connectivity index (χ2n) is 4.51. The molecule has 0 saturated heterocycles. The van der Waals surface area contributed by atoms with Gasteiger partial charge in [-0.1, -0.05) is 17.7 Å². The van der Waals surface area contributed by atoms with Gasteiger partial charge in [-0.15, -0.1) is 11.8 Å². The monoisotopic (exact) mass is 289 g/mol. The Morgan fingerprint density at radius 2 is 1.75 bits per heavy atom. The molecule has 2 aromatic carbocycles. The summed E-state index contributed by atoms with van der Waals surface area (Å²) in [5.41, 5.74) is 8.88. The predicted octanol–water partition coefficient (Wildman–Crippen LogP) is 3.89. The molecule has 20 heavy (non-hydrogen) atoms. The maximum absolute atomic E-state index is 5.77. The van der Waals surface area contributed by atoms with Gasteiger partial charge in [-0.3, -0.25) is 0 Å². The van der Waals surface area contributed by atoms with Gasteiger partial charge in [0.1, 0.15) is 11.5 Å². The van der Waals surface area contributed by atoms with Crippen molar-refractivity contribution in [2.45, 2.75) is 17.6 Å². The van der Waals surface area contributed by atoms with E-state index in [9.17, 15) is 0 Å². The molecule has 3 nitrogen and oxygen atoms in total. The van der Waals surface area contributed by atoms with Gasteiger partial charge in [0.15, 0.2) is 0 Å². The van der Waals surface area contributed by atoms with Crippen LogP contribution < -0.4 is 15.2 Å². The fourth-order valence-electron chi connectivity index (χ4n) is 1.98. The third kappa shape index (κ3) is 3.39. The summed E-state index contributed by atoms with van der Waals surface area (Å²) < 4.78 is 10.8. The van der Waals surface area contributed by atoms with Crippen LogP contribution in [0, 0.1) is 6.92 Å². The SMILES string of the molecule is COc1ccc(C)cc1CSc1ccc(N)cc1OC. The van der Waals surface area contributed by atoms with Crippen molar-refractivity contribution in [1.29, 1.82) is 0 Å². The molecular formula is C16H19NO2S. The molecule has 0 bridgehead atoms. The molecule has 0 atom stereocenters. The van der Waals surface area contributed by atoms with Gasteiger partial charge >= 0.3 is 0 Å². The predicted molar refractivity (Wildman–Crippen MR) is 84.7 cm³/mol. The van der Waals surface area contributed by atoms with Crippen LogP contribution in [0.15, 0.2) is 41.3 Å². The molecule has 0 aliphatic heterocycles. The molecule has 0 saturated carbocycles. The van der Waals surface area contributed by atoms with Crippen molar-refractivity contribution in [3.63, 3.8) is 0 Å². The number of nitrogen functional groups attached to an aromatic ring is 1. The fourth-order valence-corrected chi connectivity index (χ4v) is 2.96. The summed E-state index contributed by atoms with van der Waals surface area (Å²) in [4.78, 5) is 1.07. The van der Waals surface area contributed by atoms with Gasteiger partial charge in [-0.05, 0) is 25.1 Å². The normalized spacial score (nSPS) is 10.3. The molecule has 0 fully saturated rings. The summed E-state index contributed by atoms with van der Waals surface area (Å²) in [5, 5.41) is 0. The fraction of sp³-hybridized carbons (Fsp3) is 0.250. The molecule has 0 radical (unpaired) electrons. The number of hydrogen-bond acceptors (Lipinski definition) is 4. The number of rotatable bonds is 5. The van der Waals surface area contributed by atoms with Crippen LogP contribution in [0.1, 0.15) is 11.1 Å². The topological polar surface area (TPSA) is 44.5 Å². The highest BCUT2D eigenvalue weighted by Crippen LogP contribution is 2.35. The molecule has 0 spiro atoms. The van der Waals surface area contributed by atoms with Crippen LogP contribution in [0.3, 0.4) is 0 Å². The zero-order valence-corrected chi connectivity index (χ0v) is 12.8. The van der Waals surface area contributed by atoms with Gasteiger partial charge in [0.25, 0.3) is 0 Å². The van der Waals surface area contributed by atoms with Crippen molar-refractivity contribution in [2.75, 3.05) is 20.0 Å². The van der Waals surface area contributed by atoms with E-state index < -0.39 is 0 Å². The summed E-state index contributed by atoms with van der Waals surface area (Å²) in [6.07, 6.45) is 0. The molecule has 0 aliphatic carbocycles. The number of hydrogen-bond donors (Lipinski definition) is 1. The van der Waals surface area contributed by atoms with E-state index in [-0.39, 0.29) is 0 Å². The van der Waals surface area contributed by atoms with Crippen LogP contribution in [0.5, 0.6) is 11.5 Å². The zero-order valence-electron chi connectivity index (χ0n) is 12.0. The number of anilines is 1. The molecule has 0 aromatic heterocycles. The smallest absolute Gasteiger partial charge is 0.134 e. The quantitative estimate of drug-likeness (QED) is 0.670. The summed E-state index contributed by atoms with van der Waals surface area (Å²) in [6, 6.07) is 11.9. The lowest BCUT2D eigenvalue weighted by Gasteiger charge is -2.11. The van der Waals surface area contributed by atoms with Crippen LogP contribution in [0.2, 0.25) is 0 Å². The Bertz CT molecular complexity index is 599. The van der Waals surface area contributed by atoms with Crippen LogP contribution in [-0.2, 0) is 5.75 Å². The van der Waals surface area contributed by atoms with Gasteiger partial charge in [0, 0.05) is 28.0 Å². The standard InChI is InChI=1S/C16H19NO2S/c1-11-4-6-14(18-2)12(8-11)10-20-16-7-5-13(17)9-15(16)19-3/h4-9H,10,17H2,1-3H3. The van der Waals surface area contributed by atoms with Crippen LogP contribution >= 0.6 is 11.8 Å². The molecular weight excluding hydrogens is 270 g/mol. The third-order valence-electron chi connectivity index (χ3n) is 3.01. The van der Waals surface area contributed by atoms with Gasteiger partial charge in [-0.2, -0.15) is 0 Å². The van der Waals surface area contributed by atoms with Crippen molar-refractivity contribution in [3.8, 4) is 11.5 Å². The maximum atomic E-state index is 5.77. The largest absolute Gasteiger partial charge is 0.496 e. The molecule has 2 N–H and O–H groups in total. The Labute approximate surface area is 124 Å². The molecule has 0 heterocycles. The van der Waals surface area contributed by atoms with E-state index in [0.717, 1.165) is 22.1 Å². The molecule has 0 aliphatic rings. The molecule has 106 valence electrons. The lowest BCUT2D eigenvalue weighted by molar-refractivity contribution is 0.405. The van der Waals surface area contributed by atoms with E-state index in [1.54, 1.807) is 26.0 Å².